The Bertz CT molecular complexity index is 1200. The van der Waals surface area contributed by atoms with Crippen molar-refractivity contribution in [1.82, 2.24) is 20.0 Å². The van der Waals surface area contributed by atoms with Gasteiger partial charge in [0.1, 0.15) is 11.5 Å². The summed E-state index contributed by atoms with van der Waals surface area (Å²) in [6.45, 7) is 2.03. The first-order valence-electron chi connectivity index (χ1n) is 9.03. The third-order valence-electron chi connectivity index (χ3n) is 4.72. The topological polar surface area (TPSA) is 75.0 Å². The second-order valence-electron chi connectivity index (χ2n) is 6.87. The van der Waals surface area contributed by atoms with Gasteiger partial charge < -0.3 is 14.4 Å². The number of aromatic nitrogens is 3. The number of aromatic amines is 1. The van der Waals surface area contributed by atoms with E-state index < -0.39 is 5.82 Å². The molecule has 2 aromatic heterocycles. The Morgan fingerprint density at radius 2 is 2.07 bits per heavy atom. The molecule has 0 saturated heterocycles. The monoisotopic (exact) mass is 412 g/mol. The summed E-state index contributed by atoms with van der Waals surface area (Å²) in [5, 5.41) is 5.58. The lowest BCUT2D eigenvalue weighted by Gasteiger charge is -2.16. The molecule has 1 N–H and O–H groups in total. The van der Waals surface area contributed by atoms with Crippen molar-refractivity contribution in [3.63, 3.8) is 0 Å². The first kappa shape index (κ1) is 19.1. The fourth-order valence-electron chi connectivity index (χ4n) is 3.00. The van der Waals surface area contributed by atoms with Gasteiger partial charge in [0.25, 0.3) is 11.8 Å². The standard InChI is InChI=1S/C21H18ClFN4O2/c1-12-3-4-13(10-16(12)23)21(28)27(2)8-7-19-25-20(29-26-19)18-11-14-9-15(22)5-6-17(14)24-18/h3-6,9-11,24H,7-8H2,1-2H3. The molecule has 0 fully saturated rings. The Morgan fingerprint density at radius 1 is 1.24 bits per heavy atom. The van der Waals surface area contributed by atoms with E-state index in [2.05, 4.69) is 15.1 Å². The van der Waals surface area contributed by atoms with Crippen LogP contribution < -0.4 is 0 Å². The fourth-order valence-corrected chi connectivity index (χ4v) is 3.18. The van der Waals surface area contributed by atoms with E-state index in [0.717, 1.165) is 10.9 Å². The second-order valence-corrected chi connectivity index (χ2v) is 7.31. The maximum Gasteiger partial charge on any atom is 0.274 e. The zero-order chi connectivity index (χ0) is 20.5. The highest BCUT2D eigenvalue weighted by atomic mass is 35.5. The van der Waals surface area contributed by atoms with Crippen LogP contribution in [0.1, 0.15) is 21.7 Å². The minimum atomic E-state index is -0.397. The average molecular weight is 413 g/mol. The lowest BCUT2D eigenvalue weighted by atomic mass is 10.1. The number of benzene rings is 2. The zero-order valence-corrected chi connectivity index (χ0v) is 16.6. The molecule has 2 heterocycles. The van der Waals surface area contributed by atoms with Gasteiger partial charge in [-0.2, -0.15) is 4.98 Å². The van der Waals surface area contributed by atoms with Crippen molar-refractivity contribution in [3.8, 4) is 11.6 Å². The quantitative estimate of drug-likeness (QED) is 0.518. The summed E-state index contributed by atoms with van der Waals surface area (Å²) in [6.07, 6.45) is 0.409. The number of carbonyl (C=O) groups excluding carboxylic acids is 1. The Morgan fingerprint density at radius 3 is 2.86 bits per heavy atom. The predicted molar refractivity (Wildman–Crippen MR) is 108 cm³/mol. The number of rotatable bonds is 5. The molecule has 8 heteroatoms. The molecule has 4 rings (SSSR count). The molecule has 0 radical (unpaired) electrons. The first-order valence-corrected chi connectivity index (χ1v) is 9.41. The van der Waals surface area contributed by atoms with Crippen LogP contribution in [0.4, 0.5) is 4.39 Å². The number of amides is 1. The van der Waals surface area contributed by atoms with Crippen molar-refractivity contribution < 1.29 is 13.7 Å². The largest absolute Gasteiger partial charge is 0.351 e. The van der Waals surface area contributed by atoms with Crippen LogP contribution in [0.15, 0.2) is 47.0 Å². The molecule has 148 valence electrons. The van der Waals surface area contributed by atoms with E-state index in [4.69, 9.17) is 16.1 Å². The highest BCUT2D eigenvalue weighted by Crippen LogP contribution is 2.25. The summed E-state index contributed by atoms with van der Waals surface area (Å²) < 4.78 is 19.0. The van der Waals surface area contributed by atoms with E-state index in [1.54, 1.807) is 32.2 Å². The Hall–Kier alpha value is -3.19. The molecule has 0 unspecified atom stereocenters. The van der Waals surface area contributed by atoms with Crippen LogP contribution in [0.25, 0.3) is 22.5 Å². The van der Waals surface area contributed by atoms with Crippen LogP contribution in [0, 0.1) is 12.7 Å². The minimum Gasteiger partial charge on any atom is -0.351 e. The summed E-state index contributed by atoms with van der Waals surface area (Å²) in [4.78, 5) is 21.6. The van der Waals surface area contributed by atoms with Crippen LogP contribution >= 0.6 is 11.6 Å². The molecule has 0 atom stereocenters. The Kier molecular flexibility index (Phi) is 5.07. The molecule has 1 amide bonds. The highest BCUT2D eigenvalue weighted by molar-refractivity contribution is 6.31. The molecular formula is C21H18ClFN4O2. The van der Waals surface area contributed by atoms with Gasteiger partial charge >= 0.3 is 0 Å². The summed E-state index contributed by atoms with van der Waals surface area (Å²) in [6, 6.07) is 11.9. The lowest BCUT2D eigenvalue weighted by Crippen LogP contribution is -2.29. The summed E-state index contributed by atoms with van der Waals surface area (Å²) in [7, 11) is 1.66. The molecule has 0 bridgehead atoms. The number of hydrogen-bond acceptors (Lipinski definition) is 4. The fraction of sp³-hybridized carbons (Fsp3) is 0.190. The van der Waals surface area contributed by atoms with Crippen LogP contribution in [-0.2, 0) is 6.42 Å². The molecule has 0 saturated carbocycles. The van der Waals surface area contributed by atoms with E-state index in [1.807, 2.05) is 18.2 Å². The van der Waals surface area contributed by atoms with Gasteiger partial charge in [0.05, 0.1) is 0 Å². The SMILES string of the molecule is Cc1ccc(C(=O)N(C)CCc2noc(-c3cc4cc(Cl)ccc4[nH]3)n2)cc1F. The summed E-state index contributed by atoms with van der Waals surface area (Å²) >= 11 is 6.02. The highest BCUT2D eigenvalue weighted by Gasteiger charge is 2.16. The van der Waals surface area contributed by atoms with Crippen molar-refractivity contribution in [2.24, 2.45) is 0 Å². The van der Waals surface area contributed by atoms with Crippen molar-refractivity contribution >= 4 is 28.4 Å². The van der Waals surface area contributed by atoms with Gasteiger partial charge in [-0.3, -0.25) is 4.79 Å². The Labute approximate surface area is 171 Å². The number of carbonyl (C=O) groups is 1. The molecule has 2 aromatic carbocycles. The molecular weight excluding hydrogens is 395 g/mol. The van der Waals surface area contributed by atoms with Crippen LogP contribution in [0.5, 0.6) is 0 Å². The van der Waals surface area contributed by atoms with E-state index >= 15 is 0 Å². The number of halogens is 2. The number of nitrogens with zero attached hydrogens (tertiary/aromatic N) is 3. The van der Waals surface area contributed by atoms with E-state index in [9.17, 15) is 9.18 Å². The number of likely N-dealkylation sites (N-methyl/N-ethyl adjacent to an activating group) is 1. The molecule has 0 aliphatic heterocycles. The smallest absolute Gasteiger partial charge is 0.274 e. The number of fused-ring (bicyclic) bond motifs is 1. The summed E-state index contributed by atoms with van der Waals surface area (Å²) in [5.74, 6) is 0.181. The van der Waals surface area contributed by atoms with Gasteiger partial charge in [0, 0.05) is 41.5 Å². The maximum absolute atomic E-state index is 13.7. The average Bonchev–Trinajstić information content (AvgIpc) is 3.34. The third kappa shape index (κ3) is 4.00. The molecule has 0 spiro atoms. The van der Waals surface area contributed by atoms with Crippen LogP contribution in [0.2, 0.25) is 5.02 Å². The lowest BCUT2D eigenvalue weighted by molar-refractivity contribution is 0.0795. The van der Waals surface area contributed by atoms with Crippen molar-refractivity contribution in [1.29, 1.82) is 0 Å². The summed E-state index contributed by atoms with van der Waals surface area (Å²) in [5.41, 5.74) is 2.42. The van der Waals surface area contributed by atoms with E-state index in [1.165, 1.54) is 11.0 Å². The van der Waals surface area contributed by atoms with E-state index in [-0.39, 0.29) is 5.91 Å². The van der Waals surface area contributed by atoms with Gasteiger partial charge in [-0.05, 0) is 48.9 Å². The number of hydrogen-bond donors (Lipinski definition) is 1. The predicted octanol–water partition coefficient (Wildman–Crippen LogP) is 4.63. The minimum absolute atomic E-state index is 0.264. The van der Waals surface area contributed by atoms with Crippen molar-refractivity contribution in [2.75, 3.05) is 13.6 Å². The molecule has 6 nitrogen and oxygen atoms in total. The molecule has 29 heavy (non-hydrogen) atoms. The second kappa shape index (κ2) is 7.67. The number of aryl methyl sites for hydroxylation is 1. The van der Waals surface area contributed by atoms with Crippen LogP contribution in [0.3, 0.4) is 0 Å². The van der Waals surface area contributed by atoms with Gasteiger partial charge in [0.2, 0.25) is 0 Å². The first-order chi connectivity index (χ1) is 13.9. The van der Waals surface area contributed by atoms with Gasteiger partial charge in [0.15, 0.2) is 5.82 Å². The third-order valence-corrected chi connectivity index (χ3v) is 4.95. The Balaban J connectivity index is 1.43. The van der Waals surface area contributed by atoms with E-state index in [0.29, 0.717) is 46.5 Å². The number of H-pyrrole nitrogens is 1. The normalized spacial score (nSPS) is 11.2. The van der Waals surface area contributed by atoms with Crippen molar-refractivity contribution in [2.45, 2.75) is 13.3 Å². The van der Waals surface area contributed by atoms with Crippen LogP contribution in [-0.4, -0.2) is 39.5 Å². The van der Waals surface area contributed by atoms with Gasteiger partial charge in [-0.15, -0.1) is 0 Å². The maximum atomic E-state index is 13.7. The van der Waals surface area contributed by atoms with Crippen molar-refractivity contribution in [3.05, 3.63) is 70.3 Å². The molecule has 4 aromatic rings. The molecule has 0 aliphatic carbocycles. The van der Waals surface area contributed by atoms with Gasteiger partial charge in [-0.1, -0.05) is 22.8 Å². The number of nitrogens with one attached hydrogen (secondary N) is 1. The molecule has 0 aliphatic rings. The van der Waals surface area contributed by atoms with Gasteiger partial charge in [-0.25, -0.2) is 4.39 Å². The zero-order valence-electron chi connectivity index (χ0n) is 15.9.